The van der Waals surface area contributed by atoms with Crippen molar-refractivity contribution in [3.8, 4) is 0 Å². The molecule has 28 heavy (non-hydrogen) atoms. The van der Waals surface area contributed by atoms with E-state index in [9.17, 15) is 0 Å². The largest absolute Gasteiger partial charge is 0.469 e. The van der Waals surface area contributed by atoms with Gasteiger partial charge >= 0.3 is 0 Å². The third-order valence-corrected chi connectivity index (χ3v) is 6.62. The Morgan fingerprint density at radius 1 is 1.29 bits per heavy atom. The second-order valence-corrected chi connectivity index (χ2v) is 8.63. The van der Waals surface area contributed by atoms with Gasteiger partial charge in [-0.3, -0.25) is 4.99 Å². The summed E-state index contributed by atoms with van der Waals surface area (Å²) in [5.41, 5.74) is 0. The highest BCUT2D eigenvalue weighted by Crippen LogP contribution is 2.44. The van der Waals surface area contributed by atoms with Gasteiger partial charge in [0.25, 0.3) is 0 Å². The topological polar surface area (TPSA) is 59.2 Å². The Balaban J connectivity index is 1.32. The average molecular weight is 390 g/mol. The summed E-state index contributed by atoms with van der Waals surface area (Å²) in [6.07, 6.45) is 9.31. The summed E-state index contributed by atoms with van der Waals surface area (Å²) in [5, 5.41) is 3.85. The summed E-state index contributed by atoms with van der Waals surface area (Å²) in [6, 6.07) is 4.59. The lowest BCUT2D eigenvalue weighted by Gasteiger charge is -2.29. The van der Waals surface area contributed by atoms with Crippen LogP contribution >= 0.6 is 0 Å². The lowest BCUT2D eigenvalue weighted by molar-refractivity contribution is 0.0536. The zero-order valence-electron chi connectivity index (χ0n) is 17.1. The van der Waals surface area contributed by atoms with E-state index in [1.54, 1.807) is 13.4 Å². The number of hydrogen-bond donors (Lipinski definition) is 1. The first-order chi connectivity index (χ1) is 13.8. The Morgan fingerprint density at radius 2 is 2.25 bits per heavy atom. The van der Waals surface area contributed by atoms with Crippen LogP contribution in [0, 0.1) is 17.8 Å². The second kappa shape index (κ2) is 9.79. The lowest BCUT2D eigenvalue weighted by atomic mass is 9.95. The van der Waals surface area contributed by atoms with Crippen molar-refractivity contribution >= 4 is 5.96 Å². The summed E-state index contributed by atoms with van der Waals surface area (Å²) < 4.78 is 16.3. The molecule has 0 radical (unpaired) electrons. The molecule has 3 fully saturated rings. The number of aliphatic imine (C=N–C) groups is 1. The van der Waals surface area contributed by atoms with Crippen molar-refractivity contribution in [1.29, 1.82) is 0 Å². The van der Waals surface area contributed by atoms with Crippen LogP contribution in [0.1, 0.15) is 37.9 Å². The van der Waals surface area contributed by atoms with Gasteiger partial charge in [-0.1, -0.05) is 6.42 Å². The first-order valence-corrected chi connectivity index (χ1v) is 11.0. The number of nitrogens with zero attached hydrogens (tertiary/aromatic N) is 2. The standard InChI is InChI=1S/C22H35N3O3/c1-26-11-12-27-16-18-7-9-25(15-18)22(23-8-6-20-3-2-10-28-20)24-21-14-17-4-5-19(21)13-17/h2-3,10,17-19,21H,4-9,11-16H2,1H3,(H,23,24). The van der Waals surface area contributed by atoms with E-state index in [-0.39, 0.29) is 0 Å². The minimum atomic E-state index is 0.578. The van der Waals surface area contributed by atoms with Gasteiger partial charge in [0.1, 0.15) is 5.76 Å². The maximum Gasteiger partial charge on any atom is 0.194 e. The van der Waals surface area contributed by atoms with E-state index >= 15 is 0 Å². The van der Waals surface area contributed by atoms with E-state index < -0.39 is 0 Å². The number of guanidine groups is 1. The Kier molecular flexibility index (Phi) is 6.91. The molecular formula is C22H35N3O3. The molecule has 6 nitrogen and oxygen atoms in total. The fraction of sp³-hybridized carbons (Fsp3) is 0.773. The molecule has 1 N–H and O–H groups in total. The number of furan rings is 1. The van der Waals surface area contributed by atoms with Crippen molar-refractivity contribution in [2.45, 2.75) is 44.6 Å². The summed E-state index contributed by atoms with van der Waals surface area (Å²) in [7, 11) is 1.72. The van der Waals surface area contributed by atoms with E-state index in [1.807, 2.05) is 12.1 Å². The van der Waals surface area contributed by atoms with E-state index in [0.29, 0.717) is 25.2 Å². The third kappa shape index (κ3) is 5.09. The predicted molar refractivity (Wildman–Crippen MR) is 109 cm³/mol. The molecule has 0 spiro atoms. The summed E-state index contributed by atoms with van der Waals surface area (Å²) >= 11 is 0. The molecule has 2 saturated carbocycles. The van der Waals surface area contributed by atoms with E-state index in [2.05, 4.69) is 10.2 Å². The SMILES string of the molecule is COCCOCC1CCN(C(=NCCc2ccco2)NC2CC3CCC2C3)C1. The van der Waals surface area contributed by atoms with Crippen molar-refractivity contribution in [3.05, 3.63) is 24.2 Å². The number of likely N-dealkylation sites (tertiary alicyclic amines) is 1. The van der Waals surface area contributed by atoms with Crippen LogP contribution in [0.5, 0.6) is 0 Å². The zero-order chi connectivity index (χ0) is 19.2. The van der Waals surface area contributed by atoms with Crippen LogP contribution in [-0.4, -0.2) is 63.5 Å². The molecule has 156 valence electrons. The number of rotatable bonds is 9. The maximum atomic E-state index is 5.77. The molecule has 1 aliphatic heterocycles. The van der Waals surface area contributed by atoms with Gasteiger partial charge in [-0.15, -0.1) is 0 Å². The van der Waals surface area contributed by atoms with Crippen LogP contribution in [-0.2, 0) is 15.9 Å². The first kappa shape index (κ1) is 19.8. The van der Waals surface area contributed by atoms with Crippen LogP contribution in [0.15, 0.2) is 27.8 Å². The fourth-order valence-corrected chi connectivity index (χ4v) is 5.10. The van der Waals surface area contributed by atoms with Crippen molar-refractivity contribution in [3.63, 3.8) is 0 Å². The van der Waals surface area contributed by atoms with Gasteiger partial charge in [0.2, 0.25) is 0 Å². The molecule has 2 aliphatic carbocycles. The Bertz CT molecular complexity index is 619. The lowest BCUT2D eigenvalue weighted by Crippen LogP contribution is -2.47. The molecule has 6 heteroatoms. The van der Waals surface area contributed by atoms with Crippen LogP contribution < -0.4 is 5.32 Å². The Hall–Kier alpha value is -1.53. The molecule has 2 heterocycles. The minimum Gasteiger partial charge on any atom is -0.469 e. The zero-order valence-corrected chi connectivity index (χ0v) is 17.1. The molecule has 0 amide bonds. The van der Waals surface area contributed by atoms with Crippen molar-refractivity contribution in [1.82, 2.24) is 10.2 Å². The number of hydrogen-bond acceptors (Lipinski definition) is 4. The third-order valence-electron chi connectivity index (χ3n) is 6.62. The van der Waals surface area contributed by atoms with Gasteiger partial charge in [0.05, 0.1) is 26.1 Å². The van der Waals surface area contributed by atoms with E-state index in [4.69, 9.17) is 18.9 Å². The minimum absolute atomic E-state index is 0.578. The molecule has 2 bridgehead atoms. The van der Waals surface area contributed by atoms with E-state index in [1.165, 1.54) is 32.1 Å². The first-order valence-electron chi connectivity index (χ1n) is 11.0. The summed E-state index contributed by atoms with van der Waals surface area (Å²) in [5.74, 6) is 4.47. The van der Waals surface area contributed by atoms with Gasteiger partial charge in [-0.05, 0) is 49.7 Å². The molecular weight excluding hydrogens is 354 g/mol. The monoisotopic (exact) mass is 389 g/mol. The van der Waals surface area contributed by atoms with Crippen LogP contribution in [0.4, 0.5) is 0 Å². The van der Waals surface area contributed by atoms with Crippen molar-refractivity contribution in [2.24, 2.45) is 22.7 Å². The highest BCUT2D eigenvalue weighted by molar-refractivity contribution is 5.80. The fourth-order valence-electron chi connectivity index (χ4n) is 5.10. The van der Waals surface area contributed by atoms with Crippen LogP contribution in [0.3, 0.4) is 0 Å². The number of methoxy groups -OCH3 is 1. The average Bonchev–Trinajstić information content (AvgIpc) is 3.50. The number of ether oxygens (including phenoxy) is 2. The number of fused-ring (bicyclic) bond motifs is 2. The maximum absolute atomic E-state index is 5.77. The smallest absolute Gasteiger partial charge is 0.194 e. The highest BCUT2D eigenvalue weighted by atomic mass is 16.5. The number of nitrogens with one attached hydrogen (secondary N) is 1. The van der Waals surface area contributed by atoms with Crippen LogP contribution in [0.2, 0.25) is 0 Å². The molecule has 1 aromatic heterocycles. The van der Waals surface area contributed by atoms with Crippen LogP contribution in [0.25, 0.3) is 0 Å². The molecule has 3 aliphatic rings. The molecule has 4 unspecified atom stereocenters. The van der Waals surface area contributed by atoms with Gasteiger partial charge in [0.15, 0.2) is 5.96 Å². The molecule has 4 rings (SSSR count). The predicted octanol–water partition coefficient (Wildman–Crippen LogP) is 2.94. The summed E-state index contributed by atoms with van der Waals surface area (Å²) in [6.45, 7) is 5.02. The Labute approximate surface area is 168 Å². The van der Waals surface area contributed by atoms with Gasteiger partial charge < -0.3 is 24.1 Å². The van der Waals surface area contributed by atoms with Crippen molar-refractivity contribution < 1.29 is 13.9 Å². The summed E-state index contributed by atoms with van der Waals surface area (Å²) in [4.78, 5) is 7.43. The van der Waals surface area contributed by atoms with Gasteiger partial charge in [-0.2, -0.15) is 0 Å². The molecule has 1 aromatic rings. The normalized spacial score (nSPS) is 29.8. The Morgan fingerprint density at radius 3 is 3.00 bits per heavy atom. The van der Waals surface area contributed by atoms with Crippen molar-refractivity contribution in [2.75, 3.05) is 46.6 Å². The molecule has 4 atom stereocenters. The quantitative estimate of drug-likeness (QED) is 0.400. The van der Waals surface area contributed by atoms with Gasteiger partial charge in [0, 0.05) is 45.1 Å². The molecule has 0 aromatic carbocycles. The van der Waals surface area contributed by atoms with Gasteiger partial charge in [-0.25, -0.2) is 0 Å². The second-order valence-electron chi connectivity index (χ2n) is 8.63. The van der Waals surface area contributed by atoms with E-state index in [0.717, 1.165) is 56.2 Å². The molecule has 1 saturated heterocycles. The highest BCUT2D eigenvalue weighted by Gasteiger charge is 2.40.